The zero-order valence-corrected chi connectivity index (χ0v) is 12.9. The van der Waals surface area contributed by atoms with Gasteiger partial charge in [0.2, 0.25) is 0 Å². The van der Waals surface area contributed by atoms with Crippen molar-refractivity contribution < 1.29 is 4.39 Å². The highest BCUT2D eigenvalue weighted by atomic mass is 79.9. The van der Waals surface area contributed by atoms with E-state index in [4.69, 9.17) is 28.9 Å². The van der Waals surface area contributed by atoms with Crippen molar-refractivity contribution in [2.45, 2.75) is 12.5 Å². The second-order valence-electron chi connectivity index (χ2n) is 4.21. The SMILES string of the molecule is NC(Cc1cc(F)ccc1Cl)c1ccc(Cl)cc1Br. The van der Waals surface area contributed by atoms with Gasteiger partial charge in [-0.1, -0.05) is 45.2 Å². The molecule has 0 amide bonds. The molecule has 2 aromatic rings. The molecule has 0 radical (unpaired) electrons. The van der Waals surface area contributed by atoms with E-state index < -0.39 is 0 Å². The van der Waals surface area contributed by atoms with Gasteiger partial charge in [-0.05, 0) is 47.9 Å². The number of hydrogen-bond donors (Lipinski definition) is 1. The van der Waals surface area contributed by atoms with Crippen molar-refractivity contribution in [1.82, 2.24) is 0 Å². The number of benzene rings is 2. The Kier molecular flexibility index (Phi) is 4.85. The highest BCUT2D eigenvalue weighted by Crippen LogP contribution is 2.29. The molecular weight excluding hydrogens is 352 g/mol. The summed E-state index contributed by atoms with van der Waals surface area (Å²) < 4.78 is 14.0. The fourth-order valence-electron chi connectivity index (χ4n) is 1.85. The van der Waals surface area contributed by atoms with Crippen LogP contribution in [-0.4, -0.2) is 0 Å². The van der Waals surface area contributed by atoms with Gasteiger partial charge in [0.05, 0.1) is 0 Å². The van der Waals surface area contributed by atoms with Crippen LogP contribution in [-0.2, 0) is 6.42 Å². The molecular formula is C14H11BrCl2FN. The second-order valence-corrected chi connectivity index (χ2v) is 5.91. The van der Waals surface area contributed by atoms with Crippen LogP contribution in [0.1, 0.15) is 17.2 Å². The molecule has 0 saturated heterocycles. The average molecular weight is 363 g/mol. The third-order valence-corrected chi connectivity index (χ3v) is 4.10. The molecule has 5 heteroatoms. The maximum Gasteiger partial charge on any atom is 0.123 e. The van der Waals surface area contributed by atoms with Gasteiger partial charge in [0.25, 0.3) is 0 Å². The molecule has 19 heavy (non-hydrogen) atoms. The van der Waals surface area contributed by atoms with Crippen molar-refractivity contribution in [2.75, 3.05) is 0 Å². The van der Waals surface area contributed by atoms with Crippen molar-refractivity contribution in [3.63, 3.8) is 0 Å². The fraction of sp³-hybridized carbons (Fsp3) is 0.143. The summed E-state index contributed by atoms with van der Waals surface area (Å²) in [6.07, 6.45) is 0.455. The molecule has 100 valence electrons. The lowest BCUT2D eigenvalue weighted by Gasteiger charge is -2.15. The van der Waals surface area contributed by atoms with Crippen LogP contribution in [0.2, 0.25) is 10.0 Å². The van der Waals surface area contributed by atoms with Crippen LogP contribution < -0.4 is 5.73 Å². The van der Waals surface area contributed by atoms with Gasteiger partial charge in [-0.25, -0.2) is 4.39 Å². The lowest BCUT2D eigenvalue weighted by Crippen LogP contribution is -2.14. The summed E-state index contributed by atoms with van der Waals surface area (Å²) in [6, 6.07) is 9.39. The predicted octanol–water partition coefficient (Wildman–Crippen LogP) is 5.14. The topological polar surface area (TPSA) is 26.0 Å². The first-order valence-electron chi connectivity index (χ1n) is 5.62. The molecule has 2 aromatic carbocycles. The average Bonchev–Trinajstić information content (AvgIpc) is 2.33. The summed E-state index contributed by atoms with van der Waals surface area (Å²) in [5.41, 5.74) is 7.74. The summed E-state index contributed by atoms with van der Waals surface area (Å²) in [7, 11) is 0. The molecule has 1 nitrogen and oxygen atoms in total. The van der Waals surface area contributed by atoms with Crippen molar-refractivity contribution in [2.24, 2.45) is 5.73 Å². The molecule has 0 heterocycles. The van der Waals surface area contributed by atoms with Crippen LogP contribution in [0.15, 0.2) is 40.9 Å². The van der Waals surface area contributed by atoms with Crippen LogP contribution in [0, 0.1) is 5.82 Å². The lowest BCUT2D eigenvalue weighted by molar-refractivity contribution is 0.622. The molecule has 0 fully saturated rings. The Morgan fingerprint density at radius 3 is 2.58 bits per heavy atom. The highest BCUT2D eigenvalue weighted by molar-refractivity contribution is 9.10. The molecule has 0 bridgehead atoms. The smallest absolute Gasteiger partial charge is 0.123 e. The van der Waals surface area contributed by atoms with Gasteiger partial charge in [0, 0.05) is 20.6 Å². The van der Waals surface area contributed by atoms with Crippen LogP contribution >= 0.6 is 39.1 Å². The van der Waals surface area contributed by atoms with Gasteiger partial charge in [-0.2, -0.15) is 0 Å². The van der Waals surface area contributed by atoms with Crippen LogP contribution in [0.5, 0.6) is 0 Å². The van der Waals surface area contributed by atoms with Crippen molar-refractivity contribution in [3.8, 4) is 0 Å². The Morgan fingerprint density at radius 1 is 1.16 bits per heavy atom. The molecule has 1 unspecified atom stereocenters. The summed E-state index contributed by atoms with van der Waals surface area (Å²) in [5.74, 6) is -0.318. The standard InChI is InChI=1S/C14H11BrCl2FN/c15-12-7-9(16)1-3-11(12)14(19)6-8-5-10(18)2-4-13(8)17/h1-5,7,14H,6,19H2. The van der Waals surface area contributed by atoms with Gasteiger partial charge < -0.3 is 5.73 Å². The van der Waals surface area contributed by atoms with E-state index in [1.54, 1.807) is 12.1 Å². The van der Waals surface area contributed by atoms with Crippen LogP contribution in [0.25, 0.3) is 0 Å². The molecule has 1 atom stereocenters. The van der Waals surface area contributed by atoms with E-state index in [1.165, 1.54) is 18.2 Å². The largest absolute Gasteiger partial charge is 0.324 e. The summed E-state index contributed by atoms with van der Waals surface area (Å²) >= 11 is 15.3. The monoisotopic (exact) mass is 361 g/mol. The highest BCUT2D eigenvalue weighted by Gasteiger charge is 2.13. The number of halogens is 4. The molecule has 0 spiro atoms. The molecule has 0 aromatic heterocycles. The van der Waals surface area contributed by atoms with Crippen molar-refractivity contribution in [3.05, 3.63) is 67.9 Å². The summed E-state index contributed by atoms with van der Waals surface area (Å²) in [5, 5.41) is 1.15. The van der Waals surface area contributed by atoms with Gasteiger partial charge in [-0.15, -0.1) is 0 Å². The molecule has 0 aliphatic carbocycles. The fourth-order valence-corrected chi connectivity index (χ4v) is 3.02. The van der Waals surface area contributed by atoms with Gasteiger partial charge in [0.1, 0.15) is 5.82 Å². The summed E-state index contributed by atoms with van der Waals surface area (Å²) in [6.45, 7) is 0. The van der Waals surface area contributed by atoms with Gasteiger partial charge >= 0.3 is 0 Å². The Morgan fingerprint density at radius 2 is 1.89 bits per heavy atom. The van der Waals surface area contributed by atoms with E-state index in [0.29, 0.717) is 22.0 Å². The zero-order valence-electron chi connectivity index (χ0n) is 9.84. The van der Waals surface area contributed by atoms with E-state index in [0.717, 1.165) is 10.0 Å². The Labute approximate surface area is 129 Å². The minimum atomic E-state index is -0.318. The van der Waals surface area contributed by atoms with E-state index in [9.17, 15) is 4.39 Å². The van der Waals surface area contributed by atoms with E-state index in [2.05, 4.69) is 15.9 Å². The lowest BCUT2D eigenvalue weighted by atomic mass is 9.99. The second kappa shape index (κ2) is 6.23. The first kappa shape index (κ1) is 14.8. The van der Waals surface area contributed by atoms with Crippen molar-refractivity contribution in [1.29, 1.82) is 0 Å². The first-order valence-corrected chi connectivity index (χ1v) is 7.16. The number of rotatable bonds is 3. The number of hydrogen-bond acceptors (Lipinski definition) is 1. The normalized spacial score (nSPS) is 12.5. The molecule has 0 saturated carbocycles. The third-order valence-electron chi connectivity index (χ3n) is 2.81. The van der Waals surface area contributed by atoms with E-state index >= 15 is 0 Å². The predicted molar refractivity (Wildman–Crippen MR) is 81.2 cm³/mol. The van der Waals surface area contributed by atoms with Crippen LogP contribution in [0.3, 0.4) is 0 Å². The van der Waals surface area contributed by atoms with E-state index in [-0.39, 0.29) is 11.9 Å². The minimum absolute atomic E-state index is 0.286. The molecule has 0 aliphatic rings. The third kappa shape index (κ3) is 3.69. The molecule has 2 N–H and O–H groups in total. The minimum Gasteiger partial charge on any atom is -0.324 e. The molecule has 0 aliphatic heterocycles. The maximum absolute atomic E-state index is 13.2. The first-order chi connectivity index (χ1) is 8.97. The quantitative estimate of drug-likeness (QED) is 0.803. The zero-order chi connectivity index (χ0) is 14.0. The molecule has 2 rings (SSSR count). The van der Waals surface area contributed by atoms with Crippen molar-refractivity contribution >= 4 is 39.1 Å². The van der Waals surface area contributed by atoms with Gasteiger partial charge in [-0.3, -0.25) is 0 Å². The number of nitrogens with two attached hydrogens (primary N) is 1. The summed E-state index contributed by atoms with van der Waals surface area (Å²) in [4.78, 5) is 0. The van der Waals surface area contributed by atoms with Gasteiger partial charge in [0.15, 0.2) is 0 Å². The van der Waals surface area contributed by atoms with Crippen LogP contribution in [0.4, 0.5) is 4.39 Å². The Balaban J connectivity index is 2.25. The Bertz CT molecular complexity index is 604. The Hall–Kier alpha value is -0.610. The maximum atomic E-state index is 13.2. The van der Waals surface area contributed by atoms with E-state index in [1.807, 2.05) is 6.07 Å².